The number of nitrogens with two attached hydrogens (primary N) is 1. The third-order valence-corrected chi connectivity index (χ3v) is 5.36. The van der Waals surface area contributed by atoms with E-state index in [1.54, 1.807) is 31.2 Å². The molecule has 0 spiro atoms. The molecular weight excluding hydrogens is 497 g/mol. The Bertz CT molecular complexity index is 1430. The van der Waals surface area contributed by atoms with Gasteiger partial charge in [0, 0.05) is 17.7 Å². The van der Waals surface area contributed by atoms with Gasteiger partial charge in [-0.15, -0.1) is 13.2 Å². The molecule has 1 amide bonds. The summed E-state index contributed by atoms with van der Waals surface area (Å²) in [5.41, 5.74) is 9.31. The van der Waals surface area contributed by atoms with Crippen LogP contribution in [0.1, 0.15) is 34.6 Å². The number of rotatable bonds is 8. The maximum absolute atomic E-state index is 12.7. The van der Waals surface area contributed by atoms with E-state index >= 15 is 0 Å². The van der Waals surface area contributed by atoms with Gasteiger partial charge in [-0.25, -0.2) is 9.97 Å². The first-order chi connectivity index (χ1) is 18.2. The SMILES string of the molecule is CC(N=Nc1ccc(OC(F)(F)F)cc1)c1nc(-c2cccc(C(=O)NCc3ccccc3)c2)cnc1N. The van der Waals surface area contributed by atoms with E-state index in [1.807, 2.05) is 30.3 Å². The lowest BCUT2D eigenvalue weighted by atomic mass is 10.1. The summed E-state index contributed by atoms with van der Waals surface area (Å²) in [5, 5.41) is 11.1. The van der Waals surface area contributed by atoms with Crippen LogP contribution < -0.4 is 15.8 Å². The van der Waals surface area contributed by atoms with E-state index in [0.717, 1.165) is 17.7 Å². The van der Waals surface area contributed by atoms with Crippen molar-refractivity contribution in [1.29, 1.82) is 0 Å². The van der Waals surface area contributed by atoms with Crippen LogP contribution in [0.4, 0.5) is 24.7 Å². The largest absolute Gasteiger partial charge is 0.573 e. The normalized spacial score (nSPS) is 12.3. The Hall–Kier alpha value is -4.80. The van der Waals surface area contributed by atoms with Crippen LogP contribution in [-0.2, 0) is 6.54 Å². The van der Waals surface area contributed by atoms with Gasteiger partial charge in [0.2, 0.25) is 0 Å². The highest BCUT2D eigenvalue weighted by molar-refractivity contribution is 5.95. The van der Waals surface area contributed by atoms with Crippen molar-refractivity contribution in [2.24, 2.45) is 10.2 Å². The zero-order chi connectivity index (χ0) is 27.1. The van der Waals surface area contributed by atoms with Gasteiger partial charge in [0.1, 0.15) is 23.3 Å². The first-order valence-electron chi connectivity index (χ1n) is 11.5. The molecule has 3 aromatic carbocycles. The number of alkyl halides is 3. The highest BCUT2D eigenvalue weighted by atomic mass is 19.4. The third kappa shape index (κ3) is 7.12. The summed E-state index contributed by atoms with van der Waals surface area (Å²) in [4.78, 5) is 21.5. The summed E-state index contributed by atoms with van der Waals surface area (Å²) < 4.78 is 40.8. The summed E-state index contributed by atoms with van der Waals surface area (Å²) in [5.74, 6) is -0.428. The predicted octanol–water partition coefficient (Wildman–Crippen LogP) is 6.40. The lowest BCUT2D eigenvalue weighted by Crippen LogP contribution is -2.22. The van der Waals surface area contributed by atoms with Crippen molar-refractivity contribution in [2.45, 2.75) is 25.9 Å². The first kappa shape index (κ1) is 26.3. The maximum atomic E-state index is 12.7. The van der Waals surface area contributed by atoms with Gasteiger partial charge in [0.15, 0.2) is 0 Å². The second kappa shape index (κ2) is 11.5. The summed E-state index contributed by atoms with van der Waals surface area (Å²) >= 11 is 0. The molecule has 0 saturated carbocycles. The number of amides is 1. The van der Waals surface area contributed by atoms with Gasteiger partial charge in [-0.1, -0.05) is 42.5 Å². The van der Waals surface area contributed by atoms with Crippen LogP contribution in [0.5, 0.6) is 5.75 Å². The number of aromatic nitrogens is 2. The molecule has 0 saturated heterocycles. The Kier molecular flexibility index (Phi) is 7.95. The Morgan fingerprint density at radius 2 is 1.79 bits per heavy atom. The summed E-state index contributed by atoms with van der Waals surface area (Å²) in [6.07, 6.45) is -3.27. The van der Waals surface area contributed by atoms with Crippen molar-refractivity contribution < 1.29 is 22.7 Å². The lowest BCUT2D eigenvalue weighted by molar-refractivity contribution is -0.274. The highest BCUT2D eigenvalue weighted by Gasteiger charge is 2.31. The minimum atomic E-state index is -4.77. The van der Waals surface area contributed by atoms with Crippen LogP contribution in [0.3, 0.4) is 0 Å². The number of ether oxygens (including phenoxy) is 1. The molecule has 0 aliphatic carbocycles. The molecule has 11 heteroatoms. The van der Waals surface area contributed by atoms with E-state index in [0.29, 0.717) is 34.7 Å². The number of nitrogen functional groups attached to an aromatic ring is 1. The van der Waals surface area contributed by atoms with Crippen molar-refractivity contribution in [3.8, 4) is 17.0 Å². The molecular formula is C27H23F3N6O2. The van der Waals surface area contributed by atoms with E-state index in [9.17, 15) is 18.0 Å². The predicted molar refractivity (Wildman–Crippen MR) is 136 cm³/mol. The van der Waals surface area contributed by atoms with Crippen LogP contribution in [-0.4, -0.2) is 22.2 Å². The third-order valence-electron chi connectivity index (χ3n) is 5.36. The van der Waals surface area contributed by atoms with Crippen LogP contribution in [0, 0.1) is 0 Å². The number of carbonyl (C=O) groups is 1. The average molecular weight is 521 g/mol. The van der Waals surface area contributed by atoms with Gasteiger partial charge in [0.05, 0.1) is 17.6 Å². The molecule has 0 radical (unpaired) electrons. The first-order valence-corrected chi connectivity index (χ1v) is 11.5. The molecule has 4 rings (SSSR count). The van der Waals surface area contributed by atoms with Crippen molar-refractivity contribution in [2.75, 3.05) is 5.73 Å². The number of nitrogens with one attached hydrogen (secondary N) is 1. The molecule has 0 bridgehead atoms. The van der Waals surface area contributed by atoms with Crippen molar-refractivity contribution in [1.82, 2.24) is 15.3 Å². The quantitative estimate of drug-likeness (QED) is 0.261. The van der Waals surface area contributed by atoms with Gasteiger partial charge in [0.25, 0.3) is 5.91 Å². The van der Waals surface area contributed by atoms with E-state index in [4.69, 9.17) is 5.73 Å². The molecule has 38 heavy (non-hydrogen) atoms. The molecule has 194 valence electrons. The highest BCUT2D eigenvalue weighted by Crippen LogP contribution is 2.28. The number of azo groups is 1. The van der Waals surface area contributed by atoms with E-state index in [-0.39, 0.29) is 17.5 Å². The Balaban J connectivity index is 1.47. The standard InChI is InChI=1S/C27H23F3N6O2/c1-17(35-36-21-10-12-22(13-11-21)38-27(28,29)30)24-25(31)32-16-23(34-24)19-8-5-9-20(14-19)26(37)33-15-18-6-3-2-4-7-18/h2-14,16-17H,15H2,1H3,(H2,31,32)(H,33,37). The van der Waals surface area contributed by atoms with Crippen LogP contribution in [0.25, 0.3) is 11.3 Å². The van der Waals surface area contributed by atoms with Crippen LogP contribution in [0.15, 0.2) is 95.3 Å². The molecule has 4 aromatic rings. The number of nitrogens with zero attached hydrogens (tertiary/aromatic N) is 4. The molecule has 1 heterocycles. The minimum absolute atomic E-state index is 0.158. The van der Waals surface area contributed by atoms with Crippen LogP contribution in [0.2, 0.25) is 0 Å². The number of anilines is 1. The minimum Gasteiger partial charge on any atom is -0.406 e. The average Bonchev–Trinajstić information content (AvgIpc) is 2.91. The van der Waals surface area contributed by atoms with Gasteiger partial charge < -0.3 is 15.8 Å². The Morgan fingerprint density at radius 3 is 2.50 bits per heavy atom. The zero-order valence-corrected chi connectivity index (χ0v) is 20.2. The van der Waals surface area contributed by atoms with Crippen molar-refractivity contribution >= 4 is 17.4 Å². The maximum Gasteiger partial charge on any atom is 0.573 e. The number of benzene rings is 3. The summed E-state index contributed by atoms with van der Waals surface area (Å²) in [6.45, 7) is 2.11. The van der Waals surface area contributed by atoms with Crippen molar-refractivity contribution in [3.05, 3.63) is 102 Å². The number of hydrogen-bond donors (Lipinski definition) is 2. The molecule has 1 aromatic heterocycles. The Labute approximate surface area is 216 Å². The number of halogens is 3. The van der Waals surface area contributed by atoms with Crippen molar-refractivity contribution in [3.63, 3.8) is 0 Å². The smallest absolute Gasteiger partial charge is 0.406 e. The van der Waals surface area contributed by atoms with Crippen LogP contribution >= 0.6 is 0 Å². The molecule has 3 N–H and O–H groups in total. The fourth-order valence-electron chi connectivity index (χ4n) is 3.48. The molecule has 0 aliphatic heterocycles. The lowest BCUT2D eigenvalue weighted by Gasteiger charge is -2.11. The van der Waals surface area contributed by atoms with Gasteiger partial charge >= 0.3 is 6.36 Å². The molecule has 8 nitrogen and oxygen atoms in total. The van der Waals surface area contributed by atoms with Gasteiger partial charge in [-0.3, -0.25) is 4.79 Å². The summed E-state index contributed by atoms with van der Waals surface area (Å²) in [6, 6.07) is 20.9. The number of hydrogen-bond acceptors (Lipinski definition) is 7. The van der Waals surface area contributed by atoms with Gasteiger partial charge in [-0.05, 0) is 48.9 Å². The molecule has 0 fully saturated rings. The zero-order valence-electron chi connectivity index (χ0n) is 20.2. The number of carbonyl (C=O) groups excluding carboxylic acids is 1. The molecule has 0 aliphatic rings. The van der Waals surface area contributed by atoms with E-state index in [2.05, 4.69) is 30.3 Å². The second-order valence-electron chi connectivity index (χ2n) is 8.21. The Morgan fingerprint density at radius 1 is 1.05 bits per heavy atom. The van der Waals surface area contributed by atoms with E-state index < -0.39 is 12.4 Å². The fourth-order valence-corrected chi connectivity index (χ4v) is 3.48. The van der Waals surface area contributed by atoms with E-state index in [1.165, 1.54) is 18.3 Å². The monoisotopic (exact) mass is 520 g/mol. The molecule has 1 unspecified atom stereocenters. The fraction of sp³-hybridized carbons (Fsp3) is 0.148. The van der Waals surface area contributed by atoms with Gasteiger partial charge in [-0.2, -0.15) is 10.2 Å². The molecule has 1 atom stereocenters. The summed E-state index contributed by atoms with van der Waals surface area (Å²) in [7, 11) is 0. The topological polar surface area (TPSA) is 115 Å². The second-order valence-corrected chi connectivity index (χ2v) is 8.21.